The molecule has 2 fully saturated rings. The quantitative estimate of drug-likeness (QED) is 0.494. The molecule has 2 aromatic rings. The number of hydrogen-bond acceptors (Lipinski definition) is 7. The summed E-state index contributed by atoms with van der Waals surface area (Å²) in [5, 5.41) is 12.3. The van der Waals surface area contributed by atoms with Crippen molar-refractivity contribution in [3.8, 4) is 0 Å². The standard InChI is InChI=1S/C20H24ClN5O4S/c21-17-5-4-8-22-20(17)24-13-11-23(12-14-24)18-7-6-16(15-19(18)26(27)28)31(29,30)25-9-2-1-3-10-25/h4-8,15H,1-3,9-14H2. The van der Waals surface area contributed by atoms with Crippen molar-refractivity contribution in [3.05, 3.63) is 51.7 Å². The minimum atomic E-state index is -3.74. The molecule has 0 bridgehead atoms. The van der Waals surface area contributed by atoms with Crippen LogP contribution < -0.4 is 9.80 Å². The van der Waals surface area contributed by atoms with Crippen LogP contribution in [-0.2, 0) is 10.0 Å². The zero-order valence-electron chi connectivity index (χ0n) is 17.0. The highest BCUT2D eigenvalue weighted by Gasteiger charge is 2.30. The van der Waals surface area contributed by atoms with Crippen LogP contribution in [0.1, 0.15) is 19.3 Å². The number of rotatable bonds is 5. The maximum atomic E-state index is 12.9. The minimum absolute atomic E-state index is 0.0243. The van der Waals surface area contributed by atoms with Gasteiger partial charge in [-0.05, 0) is 37.1 Å². The Morgan fingerprint density at radius 2 is 1.65 bits per heavy atom. The number of pyridine rings is 1. The molecule has 4 rings (SSSR count). The van der Waals surface area contributed by atoms with Gasteiger partial charge in [-0.2, -0.15) is 4.31 Å². The van der Waals surface area contributed by atoms with E-state index in [1.165, 1.54) is 16.4 Å². The fraction of sp³-hybridized carbons (Fsp3) is 0.450. The van der Waals surface area contributed by atoms with Crippen LogP contribution in [0.4, 0.5) is 17.2 Å². The summed E-state index contributed by atoms with van der Waals surface area (Å²) in [5.41, 5.74) is 0.233. The van der Waals surface area contributed by atoms with Crippen molar-refractivity contribution in [2.75, 3.05) is 49.1 Å². The molecule has 1 aromatic carbocycles. The van der Waals surface area contributed by atoms with Crippen LogP contribution in [0.3, 0.4) is 0 Å². The molecule has 9 nitrogen and oxygen atoms in total. The topological polar surface area (TPSA) is 99.9 Å². The van der Waals surface area contributed by atoms with Gasteiger partial charge in [-0.1, -0.05) is 18.0 Å². The van der Waals surface area contributed by atoms with Gasteiger partial charge in [0.1, 0.15) is 11.5 Å². The molecular weight excluding hydrogens is 442 g/mol. The Morgan fingerprint density at radius 1 is 0.968 bits per heavy atom. The van der Waals surface area contributed by atoms with Crippen LogP contribution in [-0.4, -0.2) is 61.9 Å². The molecule has 0 spiro atoms. The van der Waals surface area contributed by atoms with Gasteiger partial charge in [0.05, 0.1) is 14.8 Å². The van der Waals surface area contributed by atoms with E-state index >= 15 is 0 Å². The Morgan fingerprint density at radius 3 is 2.29 bits per heavy atom. The van der Waals surface area contributed by atoms with E-state index in [4.69, 9.17) is 11.6 Å². The SMILES string of the molecule is O=[N+]([O-])c1cc(S(=O)(=O)N2CCCCC2)ccc1N1CCN(c2ncccc2Cl)CC1. The third kappa shape index (κ3) is 4.46. The highest BCUT2D eigenvalue weighted by Crippen LogP contribution is 2.34. The summed E-state index contributed by atoms with van der Waals surface area (Å²) < 4.78 is 27.3. The van der Waals surface area contributed by atoms with Gasteiger partial charge < -0.3 is 9.80 Å². The van der Waals surface area contributed by atoms with Crippen molar-refractivity contribution in [3.63, 3.8) is 0 Å². The molecule has 0 amide bonds. The molecule has 3 heterocycles. The van der Waals surface area contributed by atoms with Crippen LogP contribution in [0.2, 0.25) is 5.02 Å². The lowest BCUT2D eigenvalue weighted by atomic mass is 10.2. The lowest BCUT2D eigenvalue weighted by Gasteiger charge is -2.36. The second-order valence-corrected chi connectivity index (χ2v) is 10.0. The average Bonchev–Trinajstić information content (AvgIpc) is 2.80. The second-order valence-electron chi connectivity index (χ2n) is 7.66. The van der Waals surface area contributed by atoms with E-state index in [1.54, 1.807) is 24.4 Å². The van der Waals surface area contributed by atoms with Crippen molar-refractivity contribution in [1.82, 2.24) is 9.29 Å². The van der Waals surface area contributed by atoms with E-state index < -0.39 is 14.9 Å². The average molecular weight is 466 g/mol. The molecule has 2 aliphatic heterocycles. The summed E-state index contributed by atoms with van der Waals surface area (Å²) in [6.07, 6.45) is 4.30. The predicted molar refractivity (Wildman–Crippen MR) is 119 cm³/mol. The van der Waals surface area contributed by atoms with Crippen LogP contribution in [0.15, 0.2) is 41.4 Å². The van der Waals surface area contributed by atoms with Gasteiger partial charge in [-0.15, -0.1) is 0 Å². The summed E-state index contributed by atoms with van der Waals surface area (Å²) in [6, 6.07) is 7.78. The van der Waals surface area contributed by atoms with Gasteiger partial charge >= 0.3 is 0 Å². The fourth-order valence-corrected chi connectivity index (χ4v) is 5.88. The summed E-state index contributed by atoms with van der Waals surface area (Å²) >= 11 is 6.23. The molecule has 1 aromatic heterocycles. The Balaban J connectivity index is 1.55. The lowest BCUT2D eigenvalue weighted by Crippen LogP contribution is -2.47. The van der Waals surface area contributed by atoms with E-state index in [0.29, 0.717) is 55.8 Å². The molecule has 11 heteroatoms. The molecule has 0 saturated carbocycles. The van der Waals surface area contributed by atoms with Gasteiger partial charge in [0.2, 0.25) is 10.0 Å². The van der Waals surface area contributed by atoms with Crippen LogP contribution in [0.5, 0.6) is 0 Å². The van der Waals surface area contributed by atoms with Crippen molar-refractivity contribution in [1.29, 1.82) is 0 Å². The highest BCUT2D eigenvalue weighted by molar-refractivity contribution is 7.89. The molecule has 31 heavy (non-hydrogen) atoms. The lowest BCUT2D eigenvalue weighted by molar-refractivity contribution is -0.384. The summed E-state index contributed by atoms with van der Waals surface area (Å²) in [4.78, 5) is 19.5. The molecule has 166 valence electrons. The third-order valence-corrected chi connectivity index (χ3v) is 7.94. The minimum Gasteiger partial charge on any atom is -0.362 e. The number of hydrogen-bond donors (Lipinski definition) is 0. The van der Waals surface area contributed by atoms with Crippen LogP contribution >= 0.6 is 11.6 Å². The van der Waals surface area contributed by atoms with Gasteiger partial charge in [0.25, 0.3) is 5.69 Å². The molecule has 0 unspecified atom stereocenters. The first kappa shape index (κ1) is 21.8. The van der Waals surface area contributed by atoms with Gasteiger partial charge in [-0.3, -0.25) is 10.1 Å². The Labute approximate surface area is 186 Å². The first-order valence-electron chi connectivity index (χ1n) is 10.3. The van der Waals surface area contributed by atoms with Crippen molar-refractivity contribution < 1.29 is 13.3 Å². The molecule has 0 radical (unpaired) electrons. The van der Waals surface area contributed by atoms with E-state index in [1.807, 2.05) is 9.80 Å². The smallest absolute Gasteiger partial charge is 0.293 e. The van der Waals surface area contributed by atoms with Crippen LogP contribution in [0.25, 0.3) is 0 Å². The highest BCUT2D eigenvalue weighted by atomic mass is 35.5. The Kier molecular flexibility index (Phi) is 6.31. The number of anilines is 2. The van der Waals surface area contributed by atoms with Gasteiger partial charge in [0.15, 0.2) is 0 Å². The maximum absolute atomic E-state index is 12.9. The number of nitrogens with zero attached hydrogens (tertiary/aromatic N) is 5. The zero-order valence-corrected chi connectivity index (χ0v) is 18.6. The monoisotopic (exact) mass is 465 g/mol. The van der Waals surface area contributed by atoms with Crippen LogP contribution in [0, 0.1) is 10.1 Å². The first-order chi connectivity index (χ1) is 14.9. The normalized spacial score (nSPS) is 18.2. The Bertz CT molecular complexity index is 1070. The maximum Gasteiger partial charge on any atom is 0.293 e. The summed E-state index contributed by atoms with van der Waals surface area (Å²) in [6.45, 7) is 3.17. The first-order valence-corrected chi connectivity index (χ1v) is 12.1. The third-order valence-electron chi connectivity index (χ3n) is 5.76. The Hall–Kier alpha value is -2.43. The largest absolute Gasteiger partial charge is 0.362 e. The molecule has 0 atom stereocenters. The van der Waals surface area contributed by atoms with E-state index in [0.717, 1.165) is 19.3 Å². The number of benzene rings is 1. The molecular formula is C20H24ClN5O4S. The van der Waals surface area contributed by atoms with E-state index in [9.17, 15) is 18.5 Å². The van der Waals surface area contributed by atoms with Gasteiger partial charge in [0, 0.05) is 51.5 Å². The second kappa shape index (κ2) is 8.97. The molecule has 2 aliphatic rings. The number of aromatic nitrogens is 1. The predicted octanol–water partition coefficient (Wildman–Crippen LogP) is 3.14. The van der Waals surface area contributed by atoms with Crippen molar-refractivity contribution >= 4 is 38.8 Å². The summed E-state index contributed by atoms with van der Waals surface area (Å²) in [5.74, 6) is 0.696. The van der Waals surface area contributed by atoms with Crippen molar-refractivity contribution in [2.45, 2.75) is 24.2 Å². The molecule has 0 aliphatic carbocycles. The zero-order chi connectivity index (χ0) is 22.0. The van der Waals surface area contributed by atoms with Crippen molar-refractivity contribution in [2.24, 2.45) is 0 Å². The number of nitro groups is 1. The summed E-state index contributed by atoms with van der Waals surface area (Å²) in [7, 11) is -3.74. The number of sulfonamides is 1. The molecule has 2 saturated heterocycles. The van der Waals surface area contributed by atoms with E-state index in [-0.39, 0.29) is 10.6 Å². The molecule has 0 N–H and O–H groups in total. The number of halogens is 1. The number of piperidine rings is 1. The van der Waals surface area contributed by atoms with E-state index in [2.05, 4.69) is 4.98 Å². The van der Waals surface area contributed by atoms with Gasteiger partial charge in [-0.25, -0.2) is 13.4 Å². The number of nitro benzene ring substituents is 1. The fourth-order valence-electron chi connectivity index (χ4n) is 4.10. The number of piperazine rings is 1.